The summed E-state index contributed by atoms with van der Waals surface area (Å²) in [7, 11) is 3.72. The lowest BCUT2D eigenvalue weighted by Crippen LogP contribution is -2.22. The van der Waals surface area contributed by atoms with Gasteiger partial charge in [-0.15, -0.1) is 0 Å². The third-order valence-electron chi connectivity index (χ3n) is 4.38. The third kappa shape index (κ3) is 1.79. The minimum Gasteiger partial charge on any atom is -0.495 e. The van der Waals surface area contributed by atoms with Gasteiger partial charge < -0.3 is 14.4 Å². The summed E-state index contributed by atoms with van der Waals surface area (Å²) in [6.07, 6.45) is 2.15. The van der Waals surface area contributed by atoms with Gasteiger partial charge in [-0.1, -0.05) is 0 Å². The molecule has 20 heavy (non-hydrogen) atoms. The molecule has 106 valence electrons. The zero-order valence-corrected chi connectivity index (χ0v) is 12.1. The molecule has 0 aliphatic heterocycles. The zero-order chi connectivity index (χ0) is 14.4. The van der Waals surface area contributed by atoms with Gasteiger partial charge in [-0.05, 0) is 49.4 Å². The number of carboxylic acids is 1. The molecule has 1 aliphatic carbocycles. The first-order valence-corrected chi connectivity index (χ1v) is 6.90. The number of carbonyl (C=O) groups is 1. The number of carboxylic acid groups (broad SMARTS) is 1. The van der Waals surface area contributed by atoms with Gasteiger partial charge in [0, 0.05) is 18.1 Å². The molecular formula is C16H19NO3. The Kier molecular flexibility index (Phi) is 2.96. The van der Waals surface area contributed by atoms with E-state index in [9.17, 15) is 9.90 Å². The Balaban J connectivity index is 2.26. The average Bonchev–Trinajstić information content (AvgIpc) is 2.71. The Bertz CT molecular complexity index is 700. The quantitative estimate of drug-likeness (QED) is 0.915. The SMILES string of the molecule is COc1cc(C)cc2c3c(n(C)c12)CCC(C(=O)O)C3. The van der Waals surface area contributed by atoms with Crippen LogP contribution in [-0.4, -0.2) is 22.8 Å². The maximum atomic E-state index is 11.3. The van der Waals surface area contributed by atoms with E-state index in [2.05, 4.69) is 10.6 Å². The zero-order valence-electron chi connectivity index (χ0n) is 12.1. The molecule has 1 aliphatic rings. The first kappa shape index (κ1) is 13.0. The number of aryl methyl sites for hydroxylation is 2. The number of ether oxygens (including phenoxy) is 1. The minimum absolute atomic E-state index is 0.264. The van der Waals surface area contributed by atoms with Gasteiger partial charge >= 0.3 is 5.97 Å². The summed E-state index contributed by atoms with van der Waals surface area (Å²) in [6, 6.07) is 4.17. The fourth-order valence-electron chi connectivity index (χ4n) is 3.39. The minimum atomic E-state index is -0.688. The molecule has 0 saturated carbocycles. The molecule has 1 N–H and O–H groups in total. The molecule has 2 aromatic rings. The molecule has 0 radical (unpaired) electrons. The first-order chi connectivity index (χ1) is 9.52. The van der Waals surface area contributed by atoms with E-state index in [0.717, 1.165) is 28.6 Å². The van der Waals surface area contributed by atoms with Crippen LogP contribution in [0.1, 0.15) is 23.2 Å². The van der Waals surface area contributed by atoms with Gasteiger partial charge in [0.15, 0.2) is 0 Å². The number of aromatic nitrogens is 1. The second-order valence-electron chi connectivity index (χ2n) is 5.63. The van der Waals surface area contributed by atoms with Crippen molar-refractivity contribution in [3.63, 3.8) is 0 Å². The summed E-state index contributed by atoms with van der Waals surface area (Å²) in [5, 5.41) is 10.4. The second kappa shape index (κ2) is 4.54. The van der Waals surface area contributed by atoms with Crippen molar-refractivity contribution in [2.75, 3.05) is 7.11 Å². The van der Waals surface area contributed by atoms with Crippen LogP contribution in [0.3, 0.4) is 0 Å². The fourth-order valence-corrected chi connectivity index (χ4v) is 3.39. The number of fused-ring (bicyclic) bond motifs is 3. The van der Waals surface area contributed by atoms with E-state index in [0.29, 0.717) is 12.8 Å². The van der Waals surface area contributed by atoms with Crippen LogP contribution in [0.2, 0.25) is 0 Å². The highest BCUT2D eigenvalue weighted by atomic mass is 16.5. The second-order valence-corrected chi connectivity index (χ2v) is 5.63. The van der Waals surface area contributed by atoms with Gasteiger partial charge in [-0.3, -0.25) is 4.79 Å². The number of rotatable bonds is 2. The molecule has 1 aromatic heterocycles. The van der Waals surface area contributed by atoms with Crippen molar-refractivity contribution < 1.29 is 14.6 Å². The normalized spacial score (nSPS) is 18.1. The maximum absolute atomic E-state index is 11.3. The highest BCUT2D eigenvalue weighted by molar-refractivity contribution is 5.92. The van der Waals surface area contributed by atoms with Crippen LogP contribution in [0.15, 0.2) is 12.1 Å². The summed E-state index contributed by atoms with van der Waals surface area (Å²) < 4.78 is 7.67. The smallest absolute Gasteiger partial charge is 0.306 e. The van der Waals surface area contributed by atoms with E-state index in [4.69, 9.17) is 4.74 Å². The summed E-state index contributed by atoms with van der Waals surface area (Å²) in [5.74, 6) is -0.0874. The summed E-state index contributed by atoms with van der Waals surface area (Å²) in [5.41, 5.74) is 4.65. The molecule has 4 heteroatoms. The van der Waals surface area contributed by atoms with Crippen LogP contribution < -0.4 is 4.74 Å². The van der Waals surface area contributed by atoms with Crippen molar-refractivity contribution in [2.24, 2.45) is 13.0 Å². The first-order valence-electron chi connectivity index (χ1n) is 6.90. The Morgan fingerprint density at radius 1 is 1.45 bits per heavy atom. The lowest BCUT2D eigenvalue weighted by atomic mass is 9.86. The van der Waals surface area contributed by atoms with Crippen molar-refractivity contribution >= 4 is 16.9 Å². The number of hydrogen-bond acceptors (Lipinski definition) is 2. The predicted octanol–water partition coefficient (Wildman–Crippen LogP) is 2.68. The molecule has 1 heterocycles. The molecule has 1 aromatic carbocycles. The Morgan fingerprint density at radius 3 is 2.85 bits per heavy atom. The van der Waals surface area contributed by atoms with Gasteiger partial charge in [-0.25, -0.2) is 0 Å². The average molecular weight is 273 g/mol. The summed E-state index contributed by atoms with van der Waals surface area (Å²) >= 11 is 0. The highest BCUT2D eigenvalue weighted by Crippen LogP contribution is 2.38. The van der Waals surface area contributed by atoms with E-state index in [1.54, 1.807) is 7.11 Å². The summed E-state index contributed by atoms with van der Waals surface area (Å²) in [4.78, 5) is 11.3. The van der Waals surface area contributed by atoms with E-state index >= 15 is 0 Å². The molecule has 4 nitrogen and oxygen atoms in total. The number of aliphatic carboxylic acids is 1. The van der Waals surface area contributed by atoms with Crippen LogP contribution in [-0.2, 0) is 24.7 Å². The summed E-state index contributed by atoms with van der Waals surface area (Å²) in [6.45, 7) is 2.04. The van der Waals surface area contributed by atoms with Gasteiger partial charge in [0.25, 0.3) is 0 Å². The lowest BCUT2D eigenvalue weighted by Gasteiger charge is -2.19. The largest absolute Gasteiger partial charge is 0.495 e. The number of nitrogens with zero attached hydrogens (tertiary/aromatic N) is 1. The van der Waals surface area contributed by atoms with Gasteiger partial charge in [0.1, 0.15) is 5.75 Å². The molecule has 0 fully saturated rings. The van der Waals surface area contributed by atoms with E-state index < -0.39 is 5.97 Å². The molecule has 0 bridgehead atoms. The molecule has 1 unspecified atom stereocenters. The van der Waals surface area contributed by atoms with Gasteiger partial charge in [-0.2, -0.15) is 0 Å². The highest BCUT2D eigenvalue weighted by Gasteiger charge is 2.29. The fraction of sp³-hybridized carbons (Fsp3) is 0.438. The van der Waals surface area contributed by atoms with E-state index in [1.807, 2.05) is 20.0 Å². The van der Waals surface area contributed by atoms with Crippen molar-refractivity contribution in [3.8, 4) is 5.75 Å². The van der Waals surface area contributed by atoms with Crippen LogP contribution in [0.25, 0.3) is 10.9 Å². The van der Waals surface area contributed by atoms with E-state index in [-0.39, 0.29) is 5.92 Å². The molecule has 3 rings (SSSR count). The van der Waals surface area contributed by atoms with Crippen LogP contribution >= 0.6 is 0 Å². The molecule has 1 atom stereocenters. The maximum Gasteiger partial charge on any atom is 0.306 e. The molecular weight excluding hydrogens is 254 g/mol. The Hall–Kier alpha value is -1.97. The van der Waals surface area contributed by atoms with Gasteiger partial charge in [0.05, 0.1) is 18.5 Å². The standard InChI is InChI=1S/C16H19NO3/c1-9-6-12-11-8-10(16(18)19)4-5-13(11)17(2)15(12)14(7-9)20-3/h6-7,10H,4-5,8H2,1-3H3,(H,18,19). The molecule has 0 saturated heterocycles. The van der Waals surface area contributed by atoms with Crippen LogP contribution in [0.5, 0.6) is 5.75 Å². The van der Waals surface area contributed by atoms with Crippen LogP contribution in [0, 0.1) is 12.8 Å². The molecule has 0 spiro atoms. The Morgan fingerprint density at radius 2 is 2.20 bits per heavy atom. The Labute approximate surface area is 118 Å². The number of benzene rings is 1. The number of hydrogen-bond donors (Lipinski definition) is 1. The monoisotopic (exact) mass is 273 g/mol. The van der Waals surface area contributed by atoms with Crippen molar-refractivity contribution in [1.29, 1.82) is 0 Å². The van der Waals surface area contributed by atoms with Crippen LogP contribution in [0.4, 0.5) is 0 Å². The predicted molar refractivity (Wildman–Crippen MR) is 77.4 cm³/mol. The lowest BCUT2D eigenvalue weighted by molar-refractivity contribution is -0.142. The molecule has 0 amide bonds. The van der Waals surface area contributed by atoms with Crippen molar-refractivity contribution in [3.05, 3.63) is 29.0 Å². The van der Waals surface area contributed by atoms with E-state index in [1.165, 1.54) is 11.3 Å². The van der Waals surface area contributed by atoms with Crippen molar-refractivity contribution in [2.45, 2.75) is 26.2 Å². The van der Waals surface area contributed by atoms with Crippen molar-refractivity contribution in [1.82, 2.24) is 4.57 Å². The van der Waals surface area contributed by atoms with Gasteiger partial charge in [0.2, 0.25) is 0 Å². The topological polar surface area (TPSA) is 51.5 Å². The number of methoxy groups -OCH3 is 1. The third-order valence-corrected chi connectivity index (χ3v) is 4.38.